The summed E-state index contributed by atoms with van der Waals surface area (Å²) < 4.78 is 20.9. The van der Waals surface area contributed by atoms with E-state index >= 15 is 0 Å². The lowest BCUT2D eigenvalue weighted by Gasteiger charge is -2.14. The Labute approximate surface area is 107 Å². The van der Waals surface area contributed by atoms with Gasteiger partial charge in [-0.2, -0.15) is 0 Å². The van der Waals surface area contributed by atoms with Gasteiger partial charge in [0.1, 0.15) is 11.6 Å². The third-order valence-electron chi connectivity index (χ3n) is 3.49. The van der Waals surface area contributed by atoms with Gasteiger partial charge in [-0.25, -0.2) is 9.37 Å². The first kappa shape index (κ1) is 12.3. The van der Waals surface area contributed by atoms with E-state index in [0.717, 1.165) is 0 Å². The molecule has 0 aliphatic carbocycles. The number of hydrogen-bond acceptors (Lipinski definition) is 4. The molecule has 1 saturated heterocycles. The number of H-pyrrole nitrogens is 1. The fourth-order valence-electron chi connectivity index (χ4n) is 2.52. The normalized spacial score (nSPS) is 27.2. The minimum atomic E-state index is -0.637. The molecule has 0 aromatic carbocycles. The van der Waals surface area contributed by atoms with Crippen molar-refractivity contribution in [2.75, 3.05) is 0 Å². The van der Waals surface area contributed by atoms with E-state index in [-0.39, 0.29) is 17.1 Å². The number of rotatable bonds is 2. The topological polar surface area (TPSA) is 80.1 Å². The second kappa shape index (κ2) is 4.43. The van der Waals surface area contributed by atoms with Crippen LogP contribution >= 0.6 is 0 Å². The number of aliphatic hydroxyl groups is 1. The van der Waals surface area contributed by atoms with E-state index in [1.54, 1.807) is 0 Å². The Morgan fingerprint density at radius 2 is 2.47 bits per heavy atom. The first-order valence-electron chi connectivity index (χ1n) is 6.19. The Balaban J connectivity index is 2.08. The summed E-state index contributed by atoms with van der Waals surface area (Å²) in [5.74, 6) is -0.637. The van der Waals surface area contributed by atoms with E-state index in [1.165, 1.54) is 17.1 Å². The highest BCUT2D eigenvalue weighted by molar-refractivity contribution is 5.75. The van der Waals surface area contributed by atoms with Crippen LogP contribution in [0.2, 0.25) is 0 Å². The SMILES string of the molecule is CC[C@H]1O[C@@H](n2cc(F)c3c(=O)[nH]cnc32)C[C@@H]1O. The van der Waals surface area contributed by atoms with Gasteiger partial charge in [0, 0.05) is 12.6 Å². The van der Waals surface area contributed by atoms with Crippen LogP contribution in [-0.2, 0) is 4.74 Å². The summed E-state index contributed by atoms with van der Waals surface area (Å²) in [5.41, 5.74) is -0.290. The number of halogens is 1. The molecule has 3 atom stereocenters. The molecule has 19 heavy (non-hydrogen) atoms. The monoisotopic (exact) mass is 267 g/mol. The summed E-state index contributed by atoms with van der Waals surface area (Å²) >= 11 is 0. The number of fused-ring (bicyclic) bond motifs is 1. The standard InChI is InChI=1S/C12H14FN3O3/c1-2-8-7(17)3-9(19-8)16-4-6(13)10-11(16)14-5-15-12(10)18/h4-5,7-9,17H,2-3H2,1H3,(H,14,15,18)/t7-,8+,9+/m0/s1. The fourth-order valence-corrected chi connectivity index (χ4v) is 2.52. The zero-order valence-electron chi connectivity index (χ0n) is 10.3. The highest BCUT2D eigenvalue weighted by Crippen LogP contribution is 2.32. The average Bonchev–Trinajstić information content (AvgIpc) is 2.91. The molecule has 7 heteroatoms. The van der Waals surface area contributed by atoms with Gasteiger partial charge in [-0.1, -0.05) is 6.92 Å². The Morgan fingerprint density at radius 1 is 1.68 bits per heavy atom. The molecule has 1 aliphatic heterocycles. The van der Waals surface area contributed by atoms with Gasteiger partial charge in [0.15, 0.2) is 11.5 Å². The van der Waals surface area contributed by atoms with E-state index < -0.39 is 23.7 Å². The van der Waals surface area contributed by atoms with Gasteiger partial charge < -0.3 is 19.4 Å². The fraction of sp³-hybridized carbons (Fsp3) is 0.500. The van der Waals surface area contributed by atoms with Crippen LogP contribution in [0.4, 0.5) is 4.39 Å². The summed E-state index contributed by atoms with van der Waals surface area (Å²) in [6, 6.07) is 0. The molecule has 0 amide bonds. The van der Waals surface area contributed by atoms with Crippen LogP contribution in [-0.4, -0.2) is 31.8 Å². The van der Waals surface area contributed by atoms with Gasteiger partial charge in [-0.3, -0.25) is 4.79 Å². The number of nitrogens with one attached hydrogen (secondary N) is 1. The van der Waals surface area contributed by atoms with Crippen LogP contribution < -0.4 is 5.56 Å². The molecular formula is C12H14FN3O3. The number of hydrogen-bond donors (Lipinski definition) is 2. The Hall–Kier alpha value is -1.73. The first-order chi connectivity index (χ1) is 9.11. The van der Waals surface area contributed by atoms with E-state index in [1.807, 2.05) is 6.92 Å². The number of ether oxygens (including phenoxy) is 1. The van der Waals surface area contributed by atoms with Crippen LogP contribution in [0.25, 0.3) is 11.0 Å². The highest BCUT2D eigenvalue weighted by Gasteiger charge is 2.35. The second-order valence-electron chi connectivity index (χ2n) is 4.66. The molecule has 102 valence electrons. The number of aliphatic hydroxyl groups excluding tert-OH is 1. The minimum absolute atomic E-state index is 0.0828. The molecule has 3 heterocycles. The third-order valence-corrected chi connectivity index (χ3v) is 3.49. The third kappa shape index (κ3) is 1.85. The molecule has 1 aliphatic rings. The molecule has 0 bridgehead atoms. The molecular weight excluding hydrogens is 253 g/mol. The van der Waals surface area contributed by atoms with Crippen molar-refractivity contribution in [2.24, 2.45) is 0 Å². The van der Waals surface area contributed by atoms with Gasteiger partial charge in [0.2, 0.25) is 0 Å². The summed E-state index contributed by atoms with van der Waals surface area (Å²) in [7, 11) is 0. The molecule has 6 nitrogen and oxygen atoms in total. The summed E-state index contributed by atoms with van der Waals surface area (Å²) in [6.45, 7) is 1.91. The minimum Gasteiger partial charge on any atom is -0.390 e. The maximum Gasteiger partial charge on any atom is 0.263 e. The first-order valence-corrected chi connectivity index (χ1v) is 6.19. The van der Waals surface area contributed by atoms with Gasteiger partial charge in [0.05, 0.1) is 18.5 Å². The number of aromatic nitrogens is 3. The zero-order chi connectivity index (χ0) is 13.6. The molecule has 3 rings (SSSR count). The molecule has 1 fully saturated rings. The van der Waals surface area contributed by atoms with Gasteiger partial charge in [0.25, 0.3) is 5.56 Å². The van der Waals surface area contributed by atoms with E-state index in [9.17, 15) is 14.3 Å². The van der Waals surface area contributed by atoms with E-state index in [0.29, 0.717) is 12.8 Å². The lowest BCUT2D eigenvalue weighted by atomic mass is 10.1. The quantitative estimate of drug-likeness (QED) is 0.848. The molecule has 0 saturated carbocycles. The van der Waals surface area contributed by atoms with Crippen LogP contribution in [0.15, 0.2) is 17.3 Å². The summed E-state index contributed by atoms with van der Waals surface area (Å²) in [4.78, 5) is 17.9. The average molecular weight is 267 g/mol. The molecule has 0 spiro atoms. The largest absolute Gasteiger partial charge is 0.390 e. The van der Waals surface area contributed by atoms with E-state index in [2.05, 4.69) is 9.97 Å². The van der Waals surface area contributed by atoms with Crippen LogP contribution in [0, 0.1) is 5.82 Å². The second-order valence-corrected chi connectivity index (χ2v) is 4.66. The molecule has 2 aromatic rings. The van der Waals surface area contributed by atoms with Gasteiger partial charge in [-0.05, 0) is 6.42 Å². The lowest BCUT2D eigenvalue weighted by Crippen LogP contribution is -2.19. The van der Waals surface area contributed by atoms with Crippen molar-refractivity contribution in [3.63, 3.8) is 0 Å². The van der Waals surface area contributed by atoms with Crippen molar-refractivity contribution >= 4 is 11.0 Å². The molecule has 2 aromatic heterocycles. The smallest absolute Gasteiger partial charge is 0.263 e. The van der Waals surface area contributed by atoms with Crippen molar-refractivity contribution in [1.82, 2.24) is 14.5 Å². The summed E-state index contributed by atoms with van der Waals surface area (Å²) in [5, 5.41) is 9.75. The maximum absolute atomic E-state index is 13.8. The number of aromatic amines is 1. The van der Waals surface area contributed by atoms with Crippen LogP contribution in [0.3, 0.4) is 0 Å². The van der Waals surface area contributed by atoms with Crippen molar-refractivity contribution < 1.29 is 14.2 Å². The maximum atomic E-state index is 13.8. The Morgan fingerprint density at radius 3 is 3.16 bits per heavy atom. The van der Waals surface area contributed by atoms with E-state index in [4.69, 9.17) is 4.74 Å². The molecule has 2 N–H and O–H groups in total. The molecule has 0 radical (unpaired) electrons. The zero-order valence-corrected chi connectivity index (χ0v) is 10.3. The van der Waals surface area contributed by atoms with Crippen molar-refractivity contribution in [3.8, 4) is 0 Å². The Bertz CT molecular complexity index is 666. The summed E-state index contributed by atoms with van der Waals surface area (Å²) in [6.07, 6.45) is 2.10. The van der Waals surface area contributed by atoms with Crippen molar-refractivity contribution in [3.05, 3.63) is 28.7 Å². The molecule has 0 unspecified atom stereocenters. The predicted octanol–water partition coefficient (Wildman–Crippen LogP) is 0.922. The highest BCUT2D eigenvalue weighted by atomic mass is 19.1. The Kier molecular flexibility index (Phi) is 2.87. The van der Waals surface area contributed by atoms with Crippen LogP contribution in [0.1, 0.15) is 26.0 Å². The number of nitrogens with zero attached hydrogens (tertiary/aromatic N) is 2. The van der Waals surface area contributed by atoms with Crippen molar-refractivity contribution in [2.45, 2.75) is 38.2 Å². The van der Waals surface area contributed by atoms with Crippen molar-refractivity contribution in [1.29, 1.82) is 0 Å². The van der Waals surface area contributed by atoms with Gasteiger partial charge >= 0.3 is 0 Å². The van der Waals surface area contributed by atoms with Crippen LogP contribution in [0.5, 0.6) is 0 Å². The lowest BCUT2D eigenvalue weighted by molar-refractivity contribution is -0.0182. The predicted molar refractivity (Wildman–Crippen MR) is 65.1 cm³/mol. The van der Waals surface area contributed by atoms with Gasteiger partial charge in [-0.15, -0.1) is 0 Å².